The average molecular weight is 393 g/mol. The lowest BCUT2D eigenvalue weighted by Crippen LogP contribution is -2.46. The quantitative estimate of drug-likeness (QED) is 0.509. The van der Waals surface area contributed by atoms with Gasteiger partial charge in [0.25, 0.3) is 0 Å². The molecule has 7 heteroatoms. The standard InChI is InChI=1S/C21H31NO6/c1-6-10-16(18(23)26-5)13-17(22-20(25)28-21(2,3)4)19(24)27-14-15-11-8-7-9-12-15/h7-9,11-12,16-17H,6,10,13-14H2,1-5H3,(H,22,25)/t16-,17-/m0/s1. The smallest absolute Gasteiger partial charge is 0.408 e. The first kappa shape index (κ1) is 23.5. The van der Waals surface area contributed by atoms with Crippen molar-refractivity contribution >= 4 is 18.0 Å². The van der Waals surface area contributed by atoms with Crippen molar-refractivity contribution in [2.24, 2.45) is 5.92 Å². The van der Waals surface area contributed by atoms with Crippen molar-refractivity contribution < 1.29 is 28.6 Å². The van der Waals surface area contributed by atoms with E-state index < -0.39 is 35.6 Å². The Morgan fingerprint density at radius 3 is 2.25 bits per heavy atom. The second kappa shape index (κ2) is 11.3. The van der Waals surface area contributed by atoms with Gasteiger partial charge in [-0.1, -0.05) is 43.7 Å². The third kappa shape index (κ3) is 8.88. The van der Waals surface area contributed by atoms with Crippen LogP contribution < -0.4 is 5.32 Å². The minimum absolute atomic E-state index is 0.0723. The Balaban J connectivity index is 2.86. The van der Waals surface area contributed by atoms with Crippen LogP contribution in [0.25, 0.3) is 0 Å². The van der Waals surface area contributed by atoms with E-state index in [0.29, 0.717) is 6.42 Å². The Kier molecular flexibility index (Phi) is 9.48. The predicted octanol–water partition coefficient (Wildman–Crippen LogP) is 3.60. The Morgan fingerprint density at radius 1 is 1.07 bits per heavy atom. The summed E-state index contributed by atoms with van der Waals surface area (Å²) in [5.74, 6) is -1.58. The van der Waals surface area contributed by atoms with E-state index >= 15 is 0 Å². The van der Waals surface area contributed by atoms with Crippen LogP contribution in [0.15, 0.2) is 30.3 Å². The largest absolute Gasteiger partial charge is 0.469 e. The molecule has 1 N–H and O–H groups in total. The number of rotatable bonds is 9. The molecule has 7 nitrogen and oxygen atoms in total. The van der Waals surface area contributed by atoms with Crippen molar-refractivity contribution in [2.45, 2.75) is 65.2 Å². The minimum atomic E-state index is -1.02. The number of carbonyl (C=O) groups is 3. The second-order valence-corrected chi connectivity index (χ2v) is 7.54. The molecule has 0 spiro atoms. The van der Waals surface area contributed by atoms with E-state index in [1.807, 2.05) is 37.3 Å². The predicted molar refractivity (Wildman–Crippen MR) is 104 cm³/mol. The van der Waals surface area contributed by atoms with Crippen LogP contribution in [-0.2, 0) is 30.4 Å². The van der Waals surface area contributed by atoms with Crippen LogP contribution in [0.2, 0.25) is 0 Å². The summed E-state index contributed by atoms with van der Waals surface area (Å²) >= 11 is 0. The first-order valence-corrected chi connectivity index (χ1v) is 9.44. The van der Waals surface area contributed by atoms with Gasteiger partial charge in [0.05, 0.1) is 13.0 Å². The molecule has 0 saturated carbocycles. The molecule has 28 heavy (non-hydrogen) atoms. The highest BCUT2D eigenvalue weighted by atomic mass is 16.6. The van der Waals surface area contributed by atoms with Gasteiger partial charge in [-0.25, -0.2) is 9.59 Å². The topological polar surface area (TPSA) is 90.9 Å². The van der Waals surface area contributed by atoms with Gasteiger partial charge in [-0.05, 0) is 39.2 Å². The zero-order chi connectivity index (χ0) is 21.2. The molecule has 0 radical (unpaired) electrons. The Labute approximate surface area is 166 Å². The molecule has 1 aromatic carbocycles. The van der Waals surface area contributed by atoms with E-state index in [1.165, 1.54) is 7.11 Å². The maximum absolute atomic E-state index is 12.6. The van der Waals surface area contributed by atoms with Crippen molar-refractivity contribution in [3.63, 3.8) is 0 Å². The number of hydrogen-bond donors (Lipinski definition) is 1. The number of hydrogen-bond acceptors (Lipinski definition) is 6. The second-order valence-electron chi connectivity index (χ2n) is 7.54. The minimum Gasteiger partial charge on any atom is -0.469 e. The number of amides is 1. The van der Waals surface area contributed by atoms with Crippen molar-refractivity contribution in [3.05, 3.63) is 35.9 Å². The van der Waals surface area contributed by atoms with Gasteiger partial charge in [-0.2, -0.15) is 0 Å². The van der Waals surface area contributed by atoms with Crippen LogP contribution in [0.1, 0.15) is 52.5 Å². The van der Waals surface area contributed by atoms with Gasteiger partial charge >= 0.3 is 18.0 Å². The van der Waals surface area contributed by atoms with Crippen LogP contribution in [0.3, 0.4) is 0 Å². The van der Waals surface area contributed by atoms with Crippen molar-refractivity contribution in [3.8, 4) is 0 Å². The summed E-state index contributed by atoms with van der Waals surface area (Å²) in [6.07, 6.45) is 0.602. The molecule has 0 bridgehead atoms. The summed E-state index contributed by atoms with van der Waals surface area (Å²) in [4.78, 5) is 36.8. The summed E-state index contributed by atoms with van der Waals surface area (Å²) in [5.41, 5.74) is 0.109. The summed E-state index contributed by atoms with van der Waals surface area (Å²) in [5, 5.41) is 2.53. The molecule has 0 fully saturated rings. The third-order valence-corrected chi connectivity index (χ3v) is 3.89. The van der Waals surface area contributed by atoms with Gasteiger partial charge in [0.2, 0.25) is 0 Å². The molecular formula is C21H31NO6. The highest BCUT2D eigenvalue weighted by Crippen LogP contribution is 2.18. The molecular weight excluding hydrogens is 362 g/mol. The van der Waals surface area contributed by atoms with E-state index in [4.69, 9.17) is 14.2 Å². The number of nitrogens with one attached hydrogen (secondary N) is 1. The molecule has 156 valence electrons. The average Bonchev–Trinajstić information content (AvgIpc) is 2.63. The molecule has 0 heterocycles. The summed E-state index contributed by atoms with van der Waals surface area (Å²) in [6.45, 7) is 7.18. The van der Waals surface area contributed by atoms with E-state index in [-0.39, 0.29) is 13.0 Å². The summed E-state index contributed by atoms with van der Waals surface area (Å²) in [7, 11) is 1.30. The molecule has 1 aromatic rings. The maximum atomic E-state index is 12.6. The van der Waals surface area contributed by atoms with E-state index in [9.17, 15) is 14.4 Å². The fourth-order valence-electron chi connectivity index (χ4n) is 2.62. The fourth-order valence-corrected chi connectivity index (χ4v) is 2.62. The molecule has 0 saturated heterocycles. The molecule has 0 unspecified atom stereocenters. The number of benzene rings is 1. The number of esters is 2. The molecule has 1 amide bonds. The first-order chi connectivity index (χ1) is 13.2. The van der Waals surface area contributed by atoms with Gasteiger partial charge in [0.15, 0.2) is 0 Å². The number of ether oxygens (including phenoxy) is 3. The highest BCUT2D eigenvalue weighted by molar-refractivity contribution is 5.82. The highest BCUT2D eigenvalue weighted by Gasteiger charge is 2.31. The zero-order valence-electron chi connectivity index (χ0n) is 17.3. The van der Waals surface area contributed by atoms with Crippen molar-refractivity contribution in [1.82, 2.24) is 5.32 Å². The summed E-state index contributed by atoms with van der Waals surface area (Å²) < 4.78 is 15.4. The Hall–Kier alpha value is -2.57. The lowest BCUT2D eigenvalue weighted by molar-refractivity contribution is -0.150. The van der Waals surface area contributed by atoms with E-state index in [1.54, 1.807) is 20.8 Å². The van der Waals surface area contributed by atoms with E-state index in [0.717, 1.165) is 12.0 Å². The molecule has 0 aliphatic carbocycles. The third-order valence-electron chi connectivity index (χ3n) is 3.89. The normalized spacial score (nSPS) is 13.2. The molecule has 0 aliphatic heterocycles. The summed E-state index contributed by atoms with van der Waals surface area (Å²) in [6, 6.07) is 8.19. The molecule has 0 aliphatic rings. The number of alkyl carbamates (subject to hydrolysis) is 1. The van der Waals surface area contributed by atoms with Crippen LogP contribution in [0.4, 0.5) is 4.79 Å². The lowest BCUT2D eigenvalue weighted by atomic mass is 9.95. The number of carbonyl (C=O) groups excluding carboxylic acids is 3. The van der Waals surface area contributed by atoms with Gasteiger partial charge in [0.1, 0.15) is 18.2 Å². The number of methoxy groups -OCH3 is 1. The van der Waals surface area contributed by atoms with Crippen LogP contribution >= 0.6 is 0 Å². The Morgan fingerprint density at radius 2 is 1.71 bits per heavy atom. The van der Waals surface area contributed by atoms with Gasteiger partial charge in [-0.3, -0.25) is 4.79 Å². The SMILES string of the molecule is CCC[C@@H](C[C@H](NC(=O)OC(C)(C)C)C(=O)OCc1ccccc1)C(=O)OC. The van der Waals surface area contributed by atoms with Gasteiger partial charge < -0.3 is 19.5 Å². The molecule has 0 aromatic heterocycles. The maximum Gasteiger partial charge on any atom is 0.408 e. The van der Waals surface area contributed by atoms with Crippen LogP contribution in [-0.4, -0.2) is 36.8 Å². The fraction of sp³-hybridized carbons (Fsp3) is 0.571. The Bertz CT molecular complexity index is 638. The molecule has 2 atom stereocenters. The lowest BCUT2D eigenvalue weighted by Gasteiger charge is -2.24. The zero-order valence-corrected chi connectivity index (χ0v) is 17.3. The van der Waals surface area contributed by atoms with Gasteiger partial charge in [-0.15, -0.1) is 0 Å². The van der Waals surface area contributed by atoms with E-state index in [2.05, 4.69) is 5.32 Å². The first-order valence-electron chi connectivity index (χ1n) is 9.44. The van der Waals surface area contributed by atoms with Crippen LogP contribution in [0.5, 0.6) is 0 Å². The monoisotopic (exact) mass is 393 g/mol. The van der Waals surface area contributed by atoms with Gasteiger partial charge in [0, 0.05) is 0 Å². The van der Waals surface area contributed by atoms with Crippen molar-refractivity contribution in [1.29, 1.82) is 0 Å². The van der Waals surface area contributed by atoms with Crippen LogP contribution in [0, 0.1) is 5.92 Å². The van der Waals surface area contributed by atoms with Crippen molar-refractivity contribution in [2.75, 3.05) is 7.11 Å². The molecule has 1 rings (SSSR count).